The average Bonchev–Trinajstić information content (AvgIpc) is 2.99. The maximum absolute atomic E-state index is 14.9. The van der Waals surface area contributed by atoms with Crippen molar-refractivity contribution in [1.82, 2.24) is 10.3 Å². The Morgan fingerprint density at radius 1 is 1.09 bits per heavy atom. The third-order valence-corrected chi connectivity index (χ3v) is 6.62. The van der Waals surface area contributed by atoms with Gasteiger partial charge in [0.25, 0.3) is 5.91 Å². The van der Waals surface area contributed by atoms with Crippen molar-refractivity contribution in [2.45, 2.75) is 45.4 Å². The third kappa shape index (κ3) is 5.03. The summed E-state index contributed by atoms with van der Waals surface area (Å²) >= 11 is 5.93. The zero-order chi connectivity index (χ0) is 25.5. The number of nitrogen functional groups attached to an aromatic ring is 1. The van der Waals surface area contributed by atoms with E-state index in [9.17, 15) is 13.6 Å². The molecule has 1 fully saturated rings. The van der Waals surface area contributed by atoms with Crippen molar-refractivity contribution in [3.8, 4) is 11.1 Å². The highest BCUT2D eigenvalue weighted by Gasteiger charge is 2.51. The number of nitrogens with two attached hydrogens (primary N) is 1. The molecule has 2 aromatic carbocycles. The highest BCUT2D eigenvalue weighted by Crippen LogP contribution is 2.37. The van der Waals surface area contributed by atoms with Crippen molar-refractivity contribution in [3.63, 3.8) is 0 Å². The van der Waals surface area contributed by atoms with E-state index < -0.39 is 41.4 Å². The van der Waals surface area contributed by atoms with E-state index >= 15 is 0 Å². The van der Waals surface area contributed by atoms with Crippen LogP contribution < -0.4 is 16.5 Å². The lowest BCUT2D eigenvalue weighted by Gasteiger charge is -2.32. The van der Waals surface area contributed by atoms with Crippen LogP contribution in [0, 0.1) is 11.6 Å². The zero-order valence-electron chi connectivity index (χ0n) is 19.8. The van der Waals surface area contributed by atoms with Crippen LogP contribution in [0.3, 0.4) is 0 Å². The van der Waals surface area contributed by atoms with Gasteiger partial charge in [-0.15, -0.1) is 0 Å². The standard InChI is InChI=1S/C25H25BClF2N3O3/c1-24(2)25(3,4)35-26(34-24)16-11-18(22(30)31-13-16)15-9-19(28)21(20(29)10-15)23(33)32-12-14-6-5-7-17(27)8-14/h5-11,13H,12H2,1-4H3,(H2,30,31)(H,32,33). The van der Waals surface area contributed by atoms with Crippen LogP contribution in [0.4, 0.5) is 14.6 Å². The molecule has 0 unspecified atom stereocenters. The van der Waals surface area contributed by atoms with E-state index in [2.05, 4.69) is 10.3 Å². The van der Waals surface area contributed by atoms with Gasteiger partial charge in [0, 0.05) is 28.8 Å². The maximum Gasteiger partial charge on any atom is 0.496 e. The van der Waals surface area contributed by atoms with Crippen molar-refractivity contribution < 1.29 is 22.9 Å². The number of hydrogen-bond acceptors (Lipinski definition) is 5. The lowest BCUT2D eigenvalue weighted by molar-refractivity contribution is 0.00578. The molecule has 1 saturated heterocycles. The van der Waals surface area contributed by atoms with Crippen LogP contribution in [0.2, 0.25) is 5.02 Å². The Kier molecular flexibility index (Phi) is 6.61. The van der Waals surface area contributed by atoms with Gasteiger partial charge in [0.2, 0.25) is 0 Å². The minimum Gasteiger partial charge on any atom is -0.399 e. The highest BCUT2D eigenvalue weighted by atomic mass is 35.5. The molecule has 1 amide bonds. The average molecular weight is 500 g/mol. The summed E-state index contributed by atoms with van der Waals surface area (Å²) in [7, 11) is -0.724. The first-order valence-electron chi connectivity index (χ1n) is 11.0. The van der Waals surface area contributed by atoms with Gasteiger partial charge in [-0.1, -0.05) is 23.7 Å². The molecule has 1 aliphatic heterocycles. The van der Waals surface area contributed by atoms with Gasteiger partial charge in [-0.3, -0.25) is 4.79 Å². The number of amides is 1. The van der Waals surface area contributed by atoms with Crippen LogP contribution in [0.15, 0.2) is 48.7 Å². The third-order valence-electron chi connectivity index (χ3n) is 6.39. The molecule has 3 N–H and O–H groups in total. The summed E-state index contributed by atoms with van der Waals surface area (Å²) in [4.78, 5) is 16.7. The van der Waals surface area contributed by atoms with Crippen LogP contribution in [-0.4, -0.2) is 29.2 Å². The van der Waals surface area contributed by atoms with Gasteiger partial charge >= 0.3 is 7.12 Å². The number of benzene rings is 2. The molecule has 35 heavy (non-hydrogen) atoms. The fourth-order valence-electron chi connectivity index (χ4n) is 3.69. The quantitative estimate of drug-likeness (QED) is 0.505. The van der Waals surface area contributed by atoms with E-state index in [1.807, 2.05) is 27.7 Å². The van der Waals surface area contributed by atoms with Crippen LogP contribution in [0.5, 0.6) is 0 Å². The number of pyridine rings is 1. The molecule has 1 aliphatic rings. The van der Waals surface area contributed by atoms with Gasteiger partial charge < -0.3 is 20.4 Å². The van der Waals surface area contributed by atoms with Crippen molar-refractivity contribution in [1.29, 1.82) is 0 Å². The minimum absolute atomic E-state index is 0.0625. The number of nitrogens with one attached hydrogen (secondary N) is 1. The van der Waals surface area contributed by atoms with Gasteiger partial charge in [0.15, 0.2) is 0 Å². The monoisotopic (exact) mass is 499 g/mol. The van der Waals surface area contributed by atoms with Crippen LogP contribution >= 0.6 is 11.6 Å². The largest absolute Gasteiger partial charge is 0.496 e. The Hall–Kier alpha value is -3.01. The number of carbonyl (C=O) groups excluding carboxylic acids is 1. The first kappa shape index (κ1) is 25.1. The Bertz CT molecular complexity index is 1260. The number of hydrogen-bond donors (Lipinski definition) is 2. The molecule has 182 valence electrons. The first-order valence-corrected chi connectivity index (χ1v) is 11.4. The number of aromatic nitrogens is 1. The lowest BCUT2D eigenvalue weighted by atomic mass is 9.79. The predicted octanol–water partition coefficient (Wildman–Crippen LogP) is 4.49. The molecule has 10 heteroatoms. The van der Waals surface area contributed by atoms with E-state index in [0.29, 0.717) is 21.6 Å². The summed E-state index contributed by atoms with van der Waals surface area (Å²) in [6.07, 6.45) is 1.51. The van der Waals surface area contributed by atoms with Gasteiger partial charge in [-0.05, 0) is 69.2 Å². The summed E-state index contributed by atoms with van der Waals surface area (Å²) < 4.78 is 42.0. The molecular formula is C25H25BClF2N3O3. The Balaban J connectivity index is 1.59. The topological polar surface area (TPSA) is 86.5 Å². The van der Waals surface area contributed by atoms with E-state index in [1.165, 1.54) is 6.20 Å². The summed E-state index contributed by atoms with van der Waals surface area (Å²) in [6.45, 7) is 7.73. The summed E-state index contributed by atoms with van der Waals surface area (Å²) in [5.74, 6) is -2.86. The van der Waals surface area contributed by atoms with Gasteiger partial charge in [0.05, 0.1) is 11.2 Å². The molecule has 0 atom stereocenters. The van der Waals surface area contributed by atoms with Crippen LogP contribution in [-0.2, 0) is 15.9 Å². The zero-order valence-corrected chi connectivity index (χ0v) is 20.5. The Morgan fingerprint density at radius 3 is 2.31 bits per heavy atom. The van der Waals surface area contributed by atoms with E-state index in [-0.39, 0.29) is 17.9 Å². The molecule has 2 heterocycles. The summed E-state index contributed by atoms with van der Waals surface area (Å²) in [6, 6.07) is 10.5. The fraction of sp³-hybridized carbons (Fsp3) is 0.280. The Labute approximate surface area is 207 Å². The molecule has 4 rings (SSSR count). The maximum atomic E-state index is 14.9. The smallest absolute Gasteiger partial charge is 0.399 e. The van der Waals surface area contributed by atoms with E-state index in [0.717, 1.165) is 12.1 Å². The number of carbonyl (C=O) groups is 1. The second-order valence-electron chi connectivity index (χ2n) is 9.42. The molecule has 6 nitrogen and oxygen atoms in total. The molecule has 0 bridgehead atoms. The van der Waals surface area contributed by atoms with Gasteiger partial charge in [-0.25, -0.2) is 13.8 Å². The first-order chi connectivity index (χ1) is 16.4. The molecule has 0 spiro atoms. The number of halogens is 3. The SMILES string of the molecule is CC1(C)OB(c2cnc(N)c(-c3cc(F)c(C(=O)NCc4cccc(Cl)c4)c(F)c3)c2)OC1(C)C. The van der Waals surface area contributed by atoms with Crippen molar-refractivity contribution in [3.05, 3.63) is 76.4 Å². The van der Waals surface area contributed by atoms with Crippen molar-refractivity contribution in [2.24, 2.45) is 0 Å². The summed E-state index contributed by atoms with van der Waals surface area (Å²) in [5, 5.41) is 3.00. The molecular weight excluding hydrogens is 475 g/mol. The second kappa shape index (κ2) is 9.22. The molecule has 1 aromatic heterocycles. The minimum atomic E-state index is -1.02. The Morgan fingerprint density at radius 2 is 1.71 bits per heavy atom. The highest BCUT2D eigenvalue weighted by molar-refractivity contribution is 6.62. The molecule has 0 aliphatic carbocycles. The fourth-order valence-corrected chi connectivity index (χ4v) is 3.91. The normalized spacial score (nSPS) is 16.4. The number of nitrogens with zero attached hydrogens (tertiary/aromatic N) is 1. The molecule has 0 saturated carbocycles. The molecule has 0 radical (unpaired) electrons. The molecule has 3 aromatic rings. The van der Waals surface area contributed by atoms with Crippen LogP contribution in [0.1, 0.15) is 43.6 Å². The van der Waals surface area contributed by atoms with E-state index in [4.69, 9.17) is 26.6 Å². The van der Waals surface area contributed by atoms with Crippen molar-refractivity contribution >= 4 is 35.9 Å². The van der Waals surface area contributed by atoms with E-state index in [1.54, 1.807) is 30.3 Å². The van der Waals surface area contributed by atoms with Gasteiger partial charge in [-0.2, -0.15) is 0 Å². The number of anilines is 1. The lowest BCUT2D eigenvalue weighted by Crippen LogP contribution is -2.41. The predicted molar refractivity (Wildman–Crippen MR) is 132 cm³/mol. The summed E-state index contributed by atoms with van der Waals surface area (Å²) in [5.41, 5.74) is 5.86. The second-order valence-corrected chi connectivity index (χ2v) is 9.85. The number of rotatable bonds is 5. The van der Waals surface area contributed by atoms with Gasteiger partial charge in [0.1, 0.15) is 23.0 Å². The van der Waals surface area contributed by atoms with Crippen LogP contribution in [0.25, 0.3) is 11.1 Å². The van der Waals surface area contributed by atoms with Crippen molar-refractivity contribution in [2.75, 3.05) is 5.73 Å².